The lowest BCUT2D eigenvalue weighted by atomic mass is 10.2. The molecule has 0 saturated heterocycles. The maximum absolute atomic E-state index is 12.8. The van der Waals surface area contributed by atoms with E-state index in [1.165, 1.54) is 0 Å². The van der Waals surface area contributed by atoms with Gasteiger partial charge in [0, 0.05) is 18.2 Å². The van der Waals surface area contributed by atoms with Crippen molar-refractivity contribution < 1.29 is 4.48 Å². The quantitative estimate of drug-likeness (QED) is 0.650. The van der Waals surface area contributed by atoms with Crippen molar-refractivity contribution in [1.82, 2.24) is 5.32 Å². The molecule has 0 spiro atoms. The summed E-state index contributed by atoms with van der Waals surface area (Å²) in [6.45, 7) is 0. The Morgan fingerprint density at radius 3 is 1.89 bits per heavy atom. The van der Waals surface area contributed by atoms with E-state index in [-0.39, 0.29) is 5.84 Å². The zero-order valence-electron chi connectivity index (χ0n) is 10.5. The number of amidine groups is 2. The van der Waals surface area contributed by atoms with E-state index in [2.05, 4.69) is 15.5 Å². The summed E-state index contributed by atoms with van der Waals surface area (Å²) in [7, 11) is 1.74. The highest BCUT2D eigenvalue weighted by Crippen LogP contribution is 2.06. The van der Waals surface area contributed by atoms with Gasteiger partial charge in [0.1, 0.15) is 5.84 Å². The highest BCUT2D eigenvalue weighted by Gasteiger charge is 2.06. The van der Waals surface area contributed by atoms with E-state index in [4.69, 9.17) is 0 Å². The summed E-state index contributed by atoms with van der Waals surface area (Å²) in [4.78, 5) is 4.23. The molecule has 96 valence electrons. The topological polar surface area (TPSA) is 36.8 Å². The van der Waals surface area contributed by atoms with Gasteiger partial charge < -0.3 is 5.32 Å². The molecule has 0 aliphatic carbocycles. The lowest BCUT2D eigenvalue weighted by molar-refractivity contribution is 0.536. The van der Waals surface area contributed by atoms with Gasteiger partial charge in [-0.25, -0.2) is 4.99 Å². The monoisotopic (exact) mass is 255 g/mol. The van der Waals surface area contributed by atoms with E-state index in [0.717, 1.165) is 5.56 Å². The molecular weight excluding hydrogens is 241 g/mol. The fourth-order valence-electron chi connectivity index (χ4n) is 1.69. The number of rotatable bonds is 2. The second kappa shape index (κ2) is 6.44. The maximum Gasteiger partial charge on any atom is 0.194 e. The van der Waals surface area contributed by atoms with Gasteiger partial charge in [-0.15, -0.1) is 0 Å². The van der Waals surface area contributed by atoms with Gasteiger partial charge in [-0.3, -0.25) is 0 Å². The predicted molar refractivity (Wildman–Crippen MR) is 76.1 cm³/mol. The molecule has 4 heteroatoms. The van der Waals surface area contributed by atoms with E-state index in [1.54, 1.807) is 19.2 Å². The Morgan fingerprint density at radius 2 is 1.42 bits per heavy atom. The molecule has 0 amide bonds. The third kappa shape index (κ3) is 3.25. The normalized spacial score (nSPS) is 12.3. The van der Waals surface area contributed by atoms with Crippen molar-refractivity contribution in [2.75, 3.05) is 7.05 Å². The SMILES string of the molecule is CN/C(=N\C(=N/F)c1ccccc1)c1ccccc1. The molecule has 0 saturated carbocycles. The maximum atomic E-state index is 12.8. The molecule has 2 aromatic rings. The van der Waals surface area contributed by atoms with Crippen LogP contribution in [0.4, 0.5) is 4.48 Å². The van der Waals surface area contributed by atoms with Gasteiger partial charge >= 0.3 is 0 Å². The van der Waals surface area contributed by atoms with Crippen LogP contribution in [0.2, 0.25) is 0 Å². The Hall–Kier alpha value is -2.49. The number of benzene rings is 2. The summed E-state index contributed by atoms with van der Waals surface area (Å²) in [5, 5.41) is 5.72. The third-order valence-corrected chi connectivity index (χ3v) is 2.61. The van der Waals surface area contributed by atoms with Crippen LogP contribution in [-0.4, -0.2) is 18.7 Å². The van der Waals surface area contributed by atoms with E-state index in [9.17, 15) is 4.48 Å². The van der Waals surface area contributed by atoms with Crippen molar-refractivity contribution in [1.29, 1.82) is 0 Å². The first-order chi connectivity index (χ1) is 9.35. The standard InChI is InChI=1S/C15H14FN3/c1-17-14(12-8-4-2-5-9-12)18-15(19-16)13-10-6-3-7-11-13/h2-11H,1H3,(H,17,18,19). The van der Waals surface area contributed by atoms with Gasteiger partial charge in [-0.05, 0) is 0 Å². The molecule has 0 aromatic heterocycles. The Bertz CT molecular complexity index is 577. The summed E-state index contributed by atoms with van der Waals surface area (Å²) in [5.41, 5.74) is 1.51. The molecular formula is C15H14FN3. The van der Waals surface area contributed by atoms with Gasteiger partial charge in [-0.2, -0.15) is 0 Å². The minimum Gasteiger partial charge on any atom is -0.373 e. The molecule has 0 unspecified atom stereocenters. The largest absolute Gasteiger partial charge is 0.373 e. The minimum absolute atomic E-state index is 0.0498. The van der Waals surface area contributed by atoms with Gasteiger partial charge in [0.2, 0.25) is 0 Å². The van der Waals surface area contributed by atoms with Crippen LogP contribution in [0.3, 0.4) is 0 Å². The molecule has 0 heterocycles. The van der Waals surface area contributed by atoms with E-state index in [0.29, 0.717) is 11.4 Å². The fraction of sp³-hybridized carbons (Fsp3) is 0.0667. The molecule has 1 N–H and O–H groups in total. The Morgan fingerprint density at radius 1 is 0.895 bits per heavy atom. The van der Waals surface area contributed by atoms with E-state index in [1.807, 2.05) is 48.5 Å². The summed E-state index contributed by atoms with van der Waals surface area (Å²) < 4.78 is 12.8. The number of aliphatic imine (C=N–C) groups is 1. The van der Waals surface area contributed by atoms with Gasteiger partial charge in [0.15, 0.2) is 5.84 Å². The van der Waals surface area contributed by atoms with Crippen molar-refractivity contribution in [3.8, 4) is 0 Å². The van der Waals surface area contributed by atoms with Gasteiger partial charge in [-0.1, -0.05) is 70.4 Å². The lowest BCUT2D eigenvalue weighted by Crippen LogP contribution is -2.21. The van der Waals surface area contributed by atoms with Crippen LogP contribution >= 0.6 is 0 Å². The second-order valence-electron chi connectivity index (χ2n) is 3.85. The molecule has 2 aromatic carbocycles. The summed E-state index contributed by atoms with van der Waals surface area (Å²) in [6, 6.07) is 18.5. The smallest absolute Gasteiger partial charge is 0.194 e. The highest BCUT2D eigenvalue weighted by molar-refractivity contribution is 6.11. The van der Waals surface area contributed by atoms with Crippen molar-refractivity contribution in [3.05, 3.63) is 71.8 Å². The minimum atomic E-state index is 0.0498. The van der Waals surface area contributed by atoms with Gasteiger partial charge in [0.25, 0.3) is 0 Å². The van der Waals surface area contributed by atoms with Crippen molar-refractivity contribution >= 4 is 11.7 Å². The Balaban J connectivity index is 2.37. The van der Waals surface area contributed by atoms with Crippen LogP contribution < -0.4 is 5.32 Å². The van der Waals surface area contributed by atoms with Crippen LogP contribution in [0.1, 0.15) is 11.1 Å². The number of nitrogens with one attached hydrogen (secondary N) is 1. The zero-order chi connectivity index (χ0) is 13.5. The molecule has 0 bridgehead atoms. The molecule has 2 rings (SSSR count). The van der Waals surface area contributed by atoms with Crippen LogP contribution in [0.15, 0.2) is 70.9 Å². The summed E-state index contributed by atoms with van der Waals surface area (Å²) >= 11 is 0. The molecule has 0 aliphatic rings. The van der Waals surface area contributed by atoms with Crippen molar-refractivity contribution in [2.45, 2.75) is 0 Å². The average Bonchev–Trinajstić information content (AvgIpc) is 2.50. The summed E-state index contributed by atoms with van der Waals surface area (Å²) in [6.07, 6.45) is 0. The number of halogens is 1. The predicted octanol–water partition coefficient (Wildman–Crippen LogP) is 2.98. The molecule has 0 fully saturated rings. The van der Waals surface area contributed by atoms with Crippen molar-refractivity contribution in [2.24, 2.45) is 10.2 Å². The second-order valence-corrected chi connectivity index (χ2v) is 3.85. The third-order valence-electron chi connectivity index (χ3n) is 2.61. The van der Waals surface area contributed by atoms with Crippen LogP contribution in [0, 0.1) is 0 Å². The first kappa shape index (κ1) is 13.0. The zero-order valence-corrected chi connectivity index (χ0v) is 10.5. The molecule has 0 atom stereocenters. The van der Waals surface area contributed by atoms with E-state index >= 15 is 0 Å². The van der Waals surface area contributed by atoms with Crippen LogP contribution in [0.5, 0.6) is 0 Å². The molecule has 19 heavy (non-hydrogen) atoms. The molecule has 0 aliphatic heterocycles. The van der Waals surface area contributed by atoms with Crippen LogP contribution in [0.25, 0.3) is 0 Å². The van der Waals surface area contributed by atoms with Crippen molar-refractivity contribution in [3.63, 3.8) is 0 Å². The molecule has 0 radical (unpaired) electrons. The van der Waals surface area contributed by atoms with E-state index < -0.39 is 0 Å². The lowest BCUT2D eigenvalue weighted by Gasteiger charge is -2.06. The number of hydrogen-bond donors (Lipinski definition) is 1. The average molecular weight is 255 g/mol. The Kier molecular flexibility index (Phi) is 4.39. The number of nitrogens with zero attached hydrogens (tertiary/aromatic N) is 2. The number of hydrogen-bond acceptors (Lipinski definition) is 1. The van der Waals surface area contributed by atoms with Gasteiger partial charge in [0.05, 0.1) is 0 Å². The summed E-state index contributed by atoms with van der Waals surface area (Å²) in [5.74, 6) is 0.620. The van der Waals surface area contributed by atoms with Crippen LogP contribution in [-0.2, 0) is 0 Å². The fourth-order valence-corrected chi connectivity index (χ4v) is 1.69. The highest BCUT2D eigenvalue weighted by atomic mass is 19.2. The molecule has 3 nitrogen and oxygen atoms in total. The first-order valence-electron chi connectivity index (χ1n) is 5.91. The first-order valence-corrected chi connectivity index (χ1v) is 5.91. The Labute approximate surface area is 111 Å².